The summed E-state index contributed by atoms with van der Waals surface area (Å²) in [6.45, 7) is 3.56. The third-order valence-electron chi connectivity index (χ3n) is 3.74. The number of ether oxygens (including phenoxy) is 1. The number of amides is 1. The fourth-order valence-electron chi connectivity index (χ4n) is 2.46. The number of hydrogen-bond acceptors (Lipinski definition) is 6. The lowest BCUT2D eigenvalue weighted by Gasteiger charge is -2.05. The molecule has 0 aliphatic heterocycles. The van der Waals surface area contributed by atoms with E-state index in [0.717, 1.165) is 5.56 Å². The van der Waals surface area contributed by atoms with Gasteiger partial charge in [-0.05, 0) is 32.0 Å². The van der Waals surface area contributed by atoms with E-state index >= 15 is 0 Å². The molecule has 0 aliphatic rings. The van der Waals surface area contributed by atoms with E-state index < -0.39 is 5.97 Å². The van der Waals surface area contributed by atoms with Gasteiger partial charge in [0.1, 0.15) is 5.76 Å². The molecule has 0 saturated heterocycles. The van der Waals surface area contributed by atoms with Gasteiger partial charge in [0.25, 0.3) is 0 Å². The van der Waals surface area contributed by atoms with Gasteiger partial charge in [-0.2, -0.15) is 5.10 Å². The van der Waals surface area contributed by atoms with Gasteiger partial charge >= 0.3 is 5.97 Å². The highest BCUT2D eigenvalue weighted by Gasteiger charge is 2.16. The Morgan fingerprint density at radius 3 is 2.79 bits per heavy atom. The molecule has 3 aromatic rings. The van der Waals surface area contributed by atoms with Gasteiger partial charge in [-0.15, -0.1) is 0 Å². The molecule has 124 valence electrons. The largest absolute Gasteiger partial charge is 0.464 e. The summed E-state index contributed by atoms with van der Waals surface area (Å²) in [5.41, 5.74) is 2.88. The first-order valence-electron chi connectivity index (χ1n) is 7.27. The molecular formula is C16H16N4O4. The van der Waals surface area contributed by atoms with E-state index in [9.17, 15) is 9.59 Å². The quantitative estimate of drug-likeness (QED) is 0.710. The van der Waals surface area contributed by atoms with Crippen molar-refractivity contribution in [3.8, 4) is 0 Å². The Morgan fingerprint density at radius 2 is 2.12 bits per heavy atom. The molecule has 0 radical (unpaired) electrons. The van der Waals surface area contributed by atoms with Gasteiger partial charge in [-0.3, -0.25) is 9.89 Å². The van der Waals surface area contributed by atoms with Crippen LogP contribution in [0.3, 0.4) is 0 Å². The van der Waals surface area contributed by atoms with Crippen LogP contribution < -0.4 is 5.32 Å². The Kier molecular flexibility index (Phi) is 4.03. The number of aromatic nitrogens is 3. The molecular weight excluding hydrogens is 312 g/mol. The molecule has 2 N–H and O–H groups in total. The second kappa shape index (κ2) is 6.15. The molecule has 0 aliphatic carbocycles. The van der Waals surface area contributed by atoms with Gasteiger partial charge in [-0.25, -0.2) is 4.79 Å². The summed E-state index contributed by atoms with van der Waals surface area (Å²) in [7, 11) is 1.29. The number of hydrogen-bond donors (Lipinski definition) is 2. The predicted octanol–water partition coefficient (Wildman–Crippen LogP) is 2.14. The average molecular weight is 328 g/mol. The summed E-state index contributed by atoms with van der Waals surface area (Å²) < 4.78 is 9.75. The highest BCUT2D eigenvalue weighted by Crippen LogP contribution is 2.22. The van der Waals surface area contributed by atoms with Crippen molar-refractivity contribution in [3.63, 3.8) is 0 Å². The van der Waals surface area contributed by atoms with Crippen molar-refractivity contribution in [3.05, 3.63) is 40.9 Å². The first kappa shape index (κ1) is 15.7. The number of fused-ring (bicyclic) bond motifs is 1. The van der Waals surface area contributed by atoms with Crippen LogP contribution in [0.1, 0.15) is 27.5 Å². The van der Waals surface area contributed by atoms with E-state index in [-0.39, 0.29) is 18.0 Å². The van der Waals surface area contributed by atoms with Gasteiger partial charge in [0.2, 0.25) is 5.91 Å². The first-order valence-corrected chi connectivity index (χ1v) is 7.27. The van der Waals surface area contributed by atoms with E-state index in [2.05, 4.69) is 20.7 Å². The van der Waals surface area contributed by atoms with Crippen LogP contribution in [0.15, 0.2) is 22.7 Å². The zero-order chi connectivity index (χ0) is 17.3. The van der Waals surface area contributed by atoms with Crippen LogP contribution >= 0.6 is 0 Å². The summed E-state index contributed by atoms with van der Waals surface area (Å²) in [6.07, 6.45) is 0.161. The maximum Gasteiger partial charge on any atom is 0.359 e. The molecule has 24 heavy (non-hydrogen) atoms. The Morgan fingerprint density at radius 1 is 1.33 bits per heavy atom. The lowest BCUT2D eigenvalue weighted by atomic mass is 10.1. The summed E-state index contributed by atoms with van der Waals surface area (Å²) >= 11 is 0. The van der Waals surface area contributed by atoms with Gasteiger partial charge in [0, 0.05) is 16.6 Å². The van der Waals surface area contributed by atoms with Crippen molar-refractivity contribution < 1.29 is 18.8 Å². The number of methoxy groups -OCH3 is 1. The molecule has 0 spiro atoms. The predicted molar refractivity (Wildman–Crippen MR) is 85.7 cm³/mol. The van der Waals surface area contributed by atoms with Crippen molar-refractivity contribution in [1.82, 2.24) is 15.4 Å². The van der Waals surface area contributed by atoms with Gasteiger partial charge < -0.3 is 14.6 Å². The van der Waals surface area contributed by atoms with Crippen molar-refractivity contribution in [2.75, 3.05) is 12.4 Å². The van der Waals surface area contributed by atoms with Gasteiger partial charge in [0.05, 0.1) is 24.7 Å². The highest BCUT2D eigenvalue weighted by atomic mass is 16.5. The molecule has 1 amide bonds. The fourth-order valence-corrected chi connectivity index (χ4v) is 2.46. The zero-order valence-corrected chi connectivity index (χ0v) is 13.5. The van der Waals surface area contributed by atoms with Crippen molar-refractivity contribution in [2.45, 2.75) is 20.3 Å². The molecule has 0 unspecified atom stereocenters. The Balaban J connectivity index is 1.82. The second-order valence-electron chi connectivity index (χ2n) is 5.35. The number of carbonyl (C=O) groups excluding carboxylic acids is 2. The number of aryl methyl sites for hydroxylation is 2. The number of nitrogens with zero attached hydrogens (tertiary/aromatic N) is 2. The van der Waals surface area contributed by atoms with Gasteiger partial charge in [0.15, 0.2) is 5.69 Å². The highest BCUT2D eigenvalue weighted by molar-refractivity contribution is 6.04. The SMILES string of the molecule is COC(=O)c1n[nH]c2ccc(NC(=O)Cc3c(C)noc3C)cc12. The third kappa shape index (κ3) is 2.85. The zero-order valence-electron chi connectivity index (χ0n) is 13.5. The molecule has 3 rings (SSSR count). The molecule has 8 heteroatoms. The lowest BCUT2D eigenvalue weighted by Crippen LogP contribution is -2.15. The molecule has 8 nitrogen and oxygen atoms in total. The Hall–Kier alpha value is -3.16. The maximum absolute atomic E-state index is 12.2. The van der Waals surface area contributed by atoms with E-state index in [1.807, 2.05) is 0 Å². The molecule has 0 bridgehead atoms. The second-order valence-corrected chi connectivity index (χ2v) is 5.35. The number of benzene rings is 1. The number of carbonyl (C=O) groups is 2. The Bertz CT molecular complexity index is 906. The topological polar surface area (TPSA) is 110 Å². The van der Waals surface area contributed by atoms with Crippen LogP contribution in [0.5, 0.6) is 0 Å². The van der Waals surface area contributed by atoms with Crippen LogP contribution in [0.2, 0.25) is 0 Å². The molecule has 0 saturated carbocycles. The average Bonchev–Trinajstić information content (AvgIpc) is 3.12. The number of H-pyrrole nitrogens is 1. The monoisotopic (exact) mass is 328 g/mol. The standard InChI is InChI=1S/C16H16N4O4/c1-8-11(9(2)24-20-8)7-14(21)17-10-4-5-13-12(6-10)15(19-18-13)16(22)23-3/h4-6H,7H2,1-3H3,(H,17,21)(H,18,19). The summed E-state index contributed by atoms with van der Waals surface area (Å²) in [4.78, 5) is 23.9. The van der Waals surface area contributed by atoms with Crippen LogP contribution in [-0.4, -0.2) is 34.3 Å². The number of nitrogens with one attached hydrogen (secondary N) is 2. The number of esters is 1. The minimum absolute atomic E-state index is 0.161. The lowest BCUT2D eigenvalue weighted by molar-refractivity contribution is -0.115. The van der Waals surface area contributed by atoms with E-state index in [1.54, 1.807) is 32.0 Å². The molecule has 0 atom stereocenters. The van der Waals surface area contributed by atoms with Crippen LogP contribution in [-0.2, 0) is 16.0 Å². The van der Waals surface area contributed by atoms with Crippen molar-refractivity contribution >= 4 is 28.5 Å². The van der Waals surface area contributed by atoms with Crippen molar-refractivity contribution in [2.24, 2.45) is 0 Å². The summed E-state index contributed by atoms with van der Waals surface area (Å²) in [5.74, 6) is -0.117. The Labute approximate surface area is 137 Å². The summed E-state index contributed by atoms with van der Waals surface area (Å²) in [5, 5.41) is 13.9. The molecule has 2 aromatic heterocycles. The fraction of sp³-hybridized carbons (Fsp3) is 0.250. The minimum Gasteiger partial charge on any atom is -0.464 e. The number of anilines is 1. The normalized spacial score (nSPS) is 10.8. The summed E-state index contributed by atoms with van der Waals surface area (Å²) in [6, 6.07) is 5.14. The first-order chi connectivity index (χ1) is 11.5. The van der Waals surface area contributed by atoms with Gasteiger partial charge in [-0.1, -0.05) is 5.16 Å². The molecule has 0 fully saturated rings. The molecule has 2 heterocycles. The smallest absolute Gasteiger partial charge is 0.359 e. The van der Waals surface area contributed by atoms with E-state index in [4.69, 9.17) is 9.26 Å². The molecule has 1 aromatic carbocycles. The van der Waals surface area contributed by atoms with E-state index in [0.29, 0.717) is 28.0 Å². The third-order valence-corrected chi connectivity index (χ3v) is 3.74. The minimum atomic E-state index is -0.541. The van der Waals surface area contributed by atoms with Crippen LogP contribution in [0.25, 0.3) is 10.9 Å². The van der Waals surface area contributed by atoms with Crippen molar-refractivity contribution in [1.29, 1.82) is 0 Å². The maximum atomic E-state index is 12.2. The van der Waals surface area contributed by atoms with E-state index in [1.165, 1.54) is 7.11 Å². The van der Waals surface area contributed by atoms with Crippen LogP contribution in [0, 0.1) is 13.8 Å². The van der Waals surface area contributed by atoms with Crippen LogP contribution in [0.4, 0.5) is 5.69 Å². The number of aromatic amines is 1. The number of rotatable bonds is 4.